The summed E-state index contributed by atoms with van der Waals surface area (Å²) in [7, 11) is 1.70. The summed E-state index contributed by atoms with van der Waals surface area (Å²) in [5.41, 5.74) is 1.79. The maximum absolute atomic E-state index is 13.2. The molecule has 2 aliphatic rings. The molecular formula is C19H24ClN3O2S. The van der Waals surface area contributed by atoms with Crippen LogP contribution in [0.5, 0.6) is 0 Å². The number of rotatable bonds is 4. The highest BCUT2D eigenvalue weighted by Gasteiger charge is 2.57. The van der Waals surface area contributed by atoms with E-state index >= 15 is 0 Å². The summed E-state index contributed by atoms with van der Waals surface area (Å²) >= 11 is 1.65. The van der Waals surface area contributed by atoms with E-state index in [1.807, 2.05) is 10.3 Å². The molecule has 5 nitrogen and oxygen atoms in total. The molecule has 1 atom stereocenters. The van der Waals surface area contributed by atoms with E-state index in [0.29, 0.717) is 12.1 Å². The van der Waals surface area contributed by atoms with Gasteiger partial charge in [-0.1, -0.05) is 0 Å². The van der Waals surface area contributed by atoms with Gasteiger partial charge in [-0.15, -0.1) is 12.4 Å². The van der Waals surface area contributed by atoms with Crippen molar-refractivity contribution in [3.8, 4) is 0 Å². The van der Waals surface area contributed by atoms with Crippen LogP contribution in [0.4, 0.5) is 0 Å². The fourth-order valence-corrected chi connectivity index (χ4v) is 4.64. The maximum atomic E-state index is 13.2. The van der Waals surface area contributed by atoms with Crippen LogP contribution >= 0.6 is 23.7 Å². The molecule has 0 radical (unpaired) electrons. The van der Waals surface area contributed by atoms with Gasteiger partial charge in [0.05, 0.1) is 0 Å². The van der Waals surface area contributed by atoms with Crippen LogP contribution in [0.2, 0.25) is 0 Å². The number of halogens is 1. The Bertz CT molecular complexity index is 828. The lowest BCUT2D eigenvalue weighted by atomic mass is 9.93. The number of aryl methyl sites for hydroxylation is 1. The fraction of sp³-hybridized carbons (Fsp3) is 0.474. The zero-order valence-corrected chi connectivity index (χ0v) is 16.4. The molecule has 1 N–H and O–H groups in total. The van der Waals surface area contributed by atoms with Crippen molar-refractivity contribution in [3.63, 3.8) is 0 Å². The highest BCUT2D eigenvalue weighted by Crippen LogP contribution is 2.56. The SMILES string of the molecule is Cl.Cn1ccc(C(=O)N(Cc2ccsc2)C2CC23CCNCC3)cc1=O. The number of thiophene rings is 1. The van der Waals surface area contributed by atoms with Crippen LogP contribution in [0.1, 0.15) is 35.2 Å². The Balaban J connectivity index is 0.00000196. The van der Waals surface area contributed by atoms with E-state index in [2.05, 4.69) is 16.8 Å². The predicted octanol–water partition coefficient (Wildman–Crippen LogP) is 2.65. The van der Waals surface area contributed by atoms with E-state index in [4.69, 9.17) is 0 Å². The highest BCUT2D eigenvalue weighted by atomic mass is 35.5. The fourth-order valence-electron chi connectivity index (χ4n) is 3.98. The molecule has 1 amide bonds. The third-order valence-electron chi connectivity index (χ3n) is 5.67. The monoisotopic (exact) mass is 393 g/mol. The Kier molecular flexibility index (Phi) is 5.55. The highest BCUT2D eigenvalue weighted by molar-refractivity contribution is 7.07. The number of carbonyl (C=O) groups is 1. The third kappa shape index (κ3) is 3.59. The van der Waals surface area contributed by atoms with Crippen LogP contribution in [0.3, 0.4) is 0 Å². The van der Waals surface area contributed by atoms with Crippen LogP contribution in [-0.4, -0.2) is 34.5 Å². The molecule has 1 saturated heterocycles. The van der Waals surface area contributed by atoms with Gasteiger partial charge in [0.25, 0.3) is 11.5 Å². The molecule has 1 aliphatic carbocycles. The average Bonchev–Trinajstić information content (AvgIpc) is 3.06. The van der Waals surface area contributed by atoms with E-state index in [9.17, 15) is 9.59 Å². The van der Waals surface area contributed by atoms with Gasteiger partial charge in [-0.05, 0) is 66.2 Å². The summed E-state index contributed by atoms with van der Waals surface area (Å²) in [5, 5.41) is 7.56. The van der Waals surface area contributed by atoms with Gasteiger partial charge in [-0.3, -0.25) is 9.59 Å². The molecule has 1 unspecified atom stereocenters. The quantitative estimate of drug-likeness (QED) is 0.868. The number of carbonyl (C=O) groups excluding carboxylic acids is 1. The second-order valence-electron chi connectivity index (χ2n) is 7.26. The van der Waals surface area contributed by atoms with Crippen LogP contribution in [0, 0.1) is 5.41 Å². The van der Waals surface area contributed by atoms with Crippen molar-refractivity contribution >= 4 is 29.7 Å². The van der Waals surface area contributed by atoms with Crippen molar-refractivity contribution in [2.75, 3.05) is 13.1 Å². The first kappa shape index (κ1) is 19.1. The Labute approximate surface area is 163 Å². The maximum Gasteiger partial charge on any atom is 0.254 e. The minimum absolute atomic E-state index is 0. The number of nitrogens with one attached hydrogen (secondary N) is 1. The lowest BCUT2D eigenvalue weighted by molar-refractivity contribution is 0.0692. The van der Waals surface area contributed by atoms with Gasteiger partial charge in [0.1, 0.15) is 0 Å². The first-order valence-corrected chi connectivity index (χ1v) is 9.73. The first-order valence-electron chi connectivity index (χ1n) is 8.78. The molecule has 140 valence electrons. The number of nitrogens with zero attached hydrogens (tertiary/aromatic N) is 2. The minimum atomic E-state index is -0.145. The van der Waals surface area contributed by atoms with E-state index in [1.165, 1.54) is 10.6 Å². The van der Waals surface area contributed by atoms with Crippen LogP contribution in [0.15, 0.2) is 40.0 Å². The zero-order chi connectivity index (χ0) is 17.4. The molecule has 2 aromatic rings. The van der Waals surface area contributed by atoms with E-state index in [0.717, 1.165) is 37.9 Å². The average molecular weight is 394 g/mol. The van der Waals surface area contributed by atoms with Crippen LogP contribution in [0.25, 0.3) is 0 Å². The standard InChI is InChI=1S/C19H23N3O2S.ClH/c1-21-8-2-15(10-17(21)23)18(24)22(12-14-3-9-25-13-14)16-11-19(16)4-6-20-7-5-19;/h2-3,8-10,13,16,20H,4-7,11-12H2,1H3;1H. The smallest absolute Gasteiger partial charge is 0.254 e. The van der Waals surface area contributed by atoms with Crippen LogP contribution in [-0.2, 0) is 13.6 Å². The van der Waals surface area contributed by atoms with Crippen molar-refractivity contribution in [1.82, 2.24) is 14.8 Å². The molecule has 1 spiro atoms. The molecule has 26 heavy (non-hydrogen) atoms. The number of pyridine rings is 1. The molecule has 0 aromatic carbocycles. The lowest BCUT2D eigenvalue weighted by Gasteiger charge is -2.29. The first-order chi connectivity index (χ1) is 12.1. The summed E-state index contributed by atoms with van der Waals surface area (Å²) in [6, 6.07) is 5.57. The van der Waals surface area contributed by atoms with E-state index in [1.54, 1.807) is 30.6 Å². The van der Waals surface area contributed by atoms with E-state index in [-0.39, 0.29) is 35.3 Å². The van der Waals surface area contributed by atoms with Gasteiger partial charge >= 0.3 is 0 Å². The third-order valence-corrected chi connectivity index (χ3v) is 6.40. The summed E-state index contributed by atoms with van der Waals surface area (Å²) < 4.78 is 1.49. The Morgan fingerprint density at radius 1 is 1.38 bits per heavy atom. The van der Waals surface area contributed by atoms with Gasteiger partial charge in [-0.2, -0.15) is 11.3 Å². The predicted molar refractivity (Wildman–Crippen MR) is 106 cm³/mol. The van der Waals surface area contributed by atoms with Crippen LogP contribution < -0.4 is 10.9 Å². The van der Waals surface area contributed by atoms with Crippen molar-refractivity contribution in [3.05, 3.63) is 56.6 Å². The molecule has 7 heteroatoms. The molecule has 4 rings (SSSR count). The van der Waals surface area contributed by atoms with Gasteiger partial charge < -0.3 is 14.8 Å². The van der Waals surface area contributed by atoms with Crippen molar-refractivity contribution in [2.45, 2.75) is 31.8 Å². The second-order valence-corrected chi connectivity index (χ2v) is 8.04. The number of hydrogen-bond acceptors (Lipinski definition) is 4. The zero-order valence-electron chi connectivity index (χ0n) is 14.8. The van der Waals surface area contributed by atoms with Crippen molar-refractivity contribution in [1.29, 1.82) is 0 Å². The Morgan fingerprint density at radius 3 is 2.81 bits per heavy atom. The summed E-state index contributed by atoms with van der Waals surface area (Å²) in [4.78, 5) is 27.2. The molecule has 2 fully saturated rings. The molecule has 1 aliphatic heterocycles. The van der Waals surface area contributed by atoms with Gasteiger partial charge in [0.2, 0.25) is 0 Å². The number of piperidine rings is 1. The van der Waals surface area contributed by atoms with Gasteiger partial charge in [-0.25, -0.2) is 0 Å². The summed E-state index contributed by atoms with van der Waals surface area (Å²) in [5.74, 6) is -0.0238. The molecule has 0 bridgehead atoms. The van der Waals surface area contributed by atoms with Crippen molar-refractivity contribution in [2.24, 2.45) is 12.5 Å². The second kappa shape index (κ2) is 7.55. The lowest BCUT2D eigenvalue weighted by Crippen LogP contribution is -2.39. The topological polar surface area (TPSA) is 54.3 Å². The summed E-state index contributed by atoms with van der Waals surface area (Å²) in [6.45, 7) is 2.68. The number of hydrogen-bond donors (Lipinski definition) is 1. The minimum Gasteiger partial charge on any atom is -0.331 e. The van der Waals surface area contributed by atoms with E-state index < -0.39 is 0 Å². The summed E-state index contributed by atoms with van der Waals surface area (Å²) in [6.07, 6.45) is 5.00. The number of aromatic nitrogens is 1. The van der Waals surface area contributed by atoms with Gasteiger partial charge in [0.15, 0.2) is 0 Å². The Hall–Kier alpha value is -1.63. The van der Waals surface area contributed by atoms with Gasteiger partial charge in [0, 0.05) is 37.5 Å². The number of amides is 1. The molecular weight excluding hydrogens is 370 g/mol. The normalized spacial score (nSPS) is 20.4. The molecule has 3 heterocycles. The van der Waals surface area contributed by atoms with Crippen molar-refractivity contribution < 1.29 is 4.79 Å². The largest absolute Gasteiger partial charge is 0.331 e. The molecule has 2 aromatic heterocycles. The molecule has 1 saturated carbocycles. The Morgan fingerprint density at radius 2 is 2.15 bits per heavy atom.